The van der Waals surface area contributed by atoms with Crippen molar-refractivity contribution in [1.82, 2.24) is 5.16 Å². The monoisotopic (exact) mass is 369 g/mol. The summed E-state index contributed by atoms with van der Waals surface area (Å²) in [6.45, 7) is 0.124. The lowest BCUT2D eigenvalue weighted by Crippen LogP contribution is -2.32. The molecule has 1 fully saturated rings. The van der Waals surface area contributed by atoms with Gasteiger partial charge in [0.1, 0.15) is 11.6 Å². The van der Waals surface area contributed by atoms with Crippen LogP contribution in [0.3, 0.4) is 0 Å². The molecule has 4 rings (SSSR count). The fraction of sp³-hybridized carbons (Fsp3) is 0.286. The zero-order valence-electron chi connectivity index (χ0n) is 14.9. The lowest BCUT2D eigenvalue weighted by atomic mass is 9.77. The van der Waals surface area contributed by atoms with Gasteiger partial charge in [-0.15, -0.1) is 0 Å². The smallest absolute Gasteiger partial charge is 0.256 e. The van der Waals surface area contributed by atoms with Gasteiger partial charge < -0.3 is 18.7 Å². The minimum Gasteiger partial charge on any atom is -0.490 e. The van der Waals surface area contributed by atoms with Crippen molar-refractivity contribution in [3.05, 3.63) is 66.0 Å². The second-order valence-electron chi connectivity index (χ2n) is 6.56. The number of ether oxygens (including phenoxy) is 3. The van der Waals surface area contributed by atoms with E-state index in [0.29, 0.717) is 17.6 Å². The Balaban J connectivity index is 1.31. The third-order valence-electron chi connectivity index (χ3n) is 4.69. The van der Waals surface area contributed by atoms with E-state index in [0.717, 1.165) is 24.2 Å². The van der Waals surface area contributed by atoms with E-state index in [4.69, 9.17) is 18.7 Å². The van der Waals surface area contributed by atoms with Crippen molar-refractivity contribution in [3.63, 3.8) is 0 Å². The molecule has 0 N–H and O–H groups in total. The maximum Gasteiger partial charge on any atom is 0.256 e. The van der Waals surface area contributed by atoms with Crippen LogP contribution in [0.5, 0.6) is 11.6 Å². The van der Waals surface area contributed by atoms with E-state index in [1.54, 1.807) is 13.2 Å². The molecule has 1 aliphatic rings. The van der Waals surface area contributed by atoms with E-state index in [1.165, 1.54) is 17.7 Å². The summed E-state index contributed by atoms with van der Waals surface area (Å²) in [6, 6.07) is 16.1. The number of rotatable bonds is 7. The van der Waals surface area contributed by atoms with Crippen molar-refractivity contribution < 1.29 is 23.1 Å². The van der Waals surface area contributed by atoms with E-state index in [1.807, 2.05) is 36.4 Å². The average Bonchev–Trinajstić information content (AvgIpc) is 3.13. The van der Waals surface area contributed by atoms with E-state index in [-0.39, 0.29) is 18.7 Å². The van der Waals surface area contributed by atoms with E-state index >= 15 is 0 Å². The highest BCUT2D eigenvalue weighted by molar-refractivity contribution is 5.59. The van der Waals surface area contributed by atoms with Gasteiger partial charge in [0.05, 0.1) is 6.10 Å². The second kappa shape index (κ2) is 7.80. The minimum absolute atomic E-state index is 0.124. The van der Waals surface area contributed by atoms with Gasteiger partial charge in [-0.1, -0.05) is 12.1 Å². The van der Waals surface area contributed by atoms with Crippen molar-refractivity contribution >= 4 is 0 Å². The second-order valence-corrected chi connectivity index (χ2v) is 6.56. The number of halogens is 1. The first-order valence-corrected chi connectivity index (χ1v) is 8.82. The van der Waals surface area contributed by atoms with Gasteiger partial charge in [0.2, 0.25) is 0 Å². The van der Waals surface area contributed by atoms with Gasteiger partial charge in [-0.3, -0.25) is 0 Å². The molecule has 6 heteroatoms. The Morgan fingerprint density at radius 2 is 1.81 bits per heavy atom. The van der Waals surface area contributed by atoms with Gasteiger partial charge in [-0.25, -0.2) is 4.39 Å². The van der Waals surface area contributed by atoms with Crippen molar-refractivity contribution in [2.75, 3.05) is 13.9 Å². The quantitative estimate of drug-likeness (QED) is 0.561. The molecule has 1 aliphatic carbocycles. The number of hydrogen-bond donors (Lipinski definition) is 0. The maximum atomic E-state index is 13.0. The molecule has 0 aliphatic heterocycles. The molecule has 140 valence electrons. The first-order valence-electron chi connectivity index (χ1n) is 8.82. The van der Waals surface area contributed by atoms with Crippen molar-refractivity contribution in [1.29, 1.82) is 0 Å². The zero-order valence-corrected chi connectivity index (χ0v) is 14.9. The zero-order chi connectivity index (χ0) is 18.6. The molecule has 5 nitrogen and oxygen atoms in total. The fourth-order valence-electron chi connectivity index (χ4n) is 3.14. The normalized spacial score (nSPS) is 18.7. The Kier molecular flexibility index (Phi) is 5.07. The molecular formula is C21H20FNO4. The van der Waals surface area contributed by atoms with Crippen LogP contribution < -0.4 is 9.47 Å². The van der Waals surface area contributed by atoms with Crippen LogP contribution >= 0.6 is 0 Å². The summed E-state index contributed by atoms with van der Waals surface area (Å²) in [5.41, 5.74) is 2.06. The number of methoxy groups -OCH3 is 1. The van der Waals surface area contributed by atoms with Gasteiger partial charge in [0.25, 0.3) is 5.88 Å². The molecule has 0 spiro atoms. The Morgan fingerprint density at radius 1 is 1.07 bits per heavy atom. The summed E-state index contributed by atoms with van der Waals surface area (Å²) in [5, 5.41) is 3.83. The largest absolute Gasteiger partial charge is 0.490 e. The molecule has 1 aromatic heterocycles. The van der Waals surface area contributed by atoms with Crippen molar-refractivity contribution in [2.45, 2.75) is 24.9 Å². The first kappa shape index (κ1) is 17.5. The third-order valence-corrected chi connectivity index (χ3v) is 4.69. The summed E-state index contributed by atoms with van der Waals surface area (Å²) < 4.78 is 34.4. The maximum absolute atomic E-state index is 13.0. The van der Waals surface area contributed by atoms with Gasteiger partial charge >= 0.3 is 0 Å². The Morgan fingerprint density at radius 3 is 2.52 bits per heavy atom. The van der Waals surface area contributed by atoms with Crippen LogP contribution in [0, 0.1) is 5.82 Å². The van der Waals surface area contributed by atoms with Crippen LogP contribution in [0.4, 0.5) is 4.39 Å². The standard InChI is InChI=1S/C21H20FNO4/c1-24-13-25-21-12-20(27-23-21)15-4-8-18(9-5-15)26-19-10-16(11-19)14-2-6-17(22)7-3-14/h2-9,12,16,19H,10-11,13H2,1H3. The Hall–Kier alpha value is -2.86. The van der Waals surface area contributed by atoms with Crippen LogP contribution in [0.1, 0.15) is 24.3 Å². The predicted molar refractivity (Wildman–Crippen MR) is 97.2 cm³/mol. The molecule has 2 aromatic carbocycles. The highest BCUT2D eigenvalue weighted by atomic mass is 19.1. The van der Waals surface area contributed by atoms with Crippen LogP contribution in [0.15, 0.2) is 59.1 Å². The number of aromatic nitrogens is 1. The minimum atomic E-state index is -0.199. The van der Waals surface area contributed by atoms with Gasteiger partial charge in [-0.05, 0) is 65.9 Å². The highest BCUT2D eigenvalue weighted by Crippen LogP contribution is 2.39. The summed E-state index contributed by atoms with van der Waals surface area (Å²) in [5.74, 6) is 2.06. The topological polar surface area (TPSA) is 53.7 Å². The summed E-state index contributed by atoms with van der Waals surface area (Å²) in [4.78, 5) is 0. The fourth-order valence-corrected chi connectivity index (χ4v) is 3.14. The molecule has 0 unspecified atom stereocenters. The number of benzene rings is 2. The van der Waals surface area contributed by atoms with Crippen LogP contribution in [0.25, 0.3) is 11.3 Å². The summed E-state index contributed by atoms with van der Waals surface area (Å²) >= 11 is 0. The highest BCUT2D eigenvalue weighted by Gasteiger charge is 2.32. The third kappa shape index (κ3) is 4.11. The molecule has 0 atom stereocenters. The molecule has 1 saturated carbocycles. The molecule has 0 radical (unpaired) electrons. The first-order chi connectivity index (χ1) is 13.2. The molecule has 0 saturated heterocycles. The van der Waals surface area contributed by atoms with Crippen LogP contribution in [-0.4, -0.2) is 25.2 Å². The summed E-state index contributed by atoms with van der Waals surface area (Å²) in [6.07, 6.45) is 2.07. The summed E-state index contributed by atoms with van der Waals surface area (Å²) in [7, 11) is 1.55. The van der Waals surface area contributed by atoms with Gasteiger partial charge in [0, 0.05) is 18.7 Å². The SMILES string of the molecule is COCOc1cc(-c2ccc(OC3CC(c4ccc(F)cc4)C3)cc2)on1. The predicted octanol–water partition coefficient (Wildman–Crippen LogP) is 4.79. The number of nitrogens with zero attached hydrogens (tertiary/aromatic N) is 1. The van der Waals surface area contributed by atoms with Gasteiger partial charge in [-0.2, -0.15) is 0 Å². The van der Waals surface area contributed by atoms with Crippen LogP contribution in [-0.2, 0) is 4.74 Å². The Labute approximate surface area is 156 Å². The van der Waals surface area contributed by atoms with E-state index < -0.39 is 0 Å². The Bertz CT molecular complexity index is 870. The van der Waals surface area contributed by atoms with Crippen LogP contribution in [0.2, 0.25) is 0 Å². The molecule has 1 heterocycles. The lowest BCUT2D eigenvalue weighted by molar-refractivity contribution is 0.0453. The molecule has 0 bridgehead atoms. The lowest BCUT2D eigenvalue weighted by Gasteiger charge is -2.35. The molecule has 27 heavy (non-hydrogen) atoms. The molecule has 0 amide bonds. The van der Waals surface area contributed by atoms with E-state index in [2.05, 4.69) is 5.16 Å². The average molecular weight is 369 g/mol. The molecular weight excluding hydrogens is 349 g/mol. The number of hydrogen-bond acceptors (Lipinski definition) is 5. The van der Waals surface area contributed by atoms with Crippen molar-refractivity contribution in [2.24, 2.45) is 0 Å². The van der Waals surface area contributed by atoms with E-state index in [9.17, 15) is 4.39 Å². The molecule has 3 aromatic rings. The van der Waals surface area contributed by atoms with Crippen molar-refractivity contribution in [3.8, 4) is 23.0 Å². The van der Waals surface area contributed by atoms with Gasteiger partial charge in [0.15, 0.2) is 12.6 Å².